The summed E-state index contributed by atoms with van der Waals surface area (Å²) in [6, 6.07) is 0.833. The molecule has 0 aromatic rings. The van der Waals surface area contributed by atoms with Crippen molar-refractivity contribution in [1.82, 2.24) is 4.90 Å². The van der Waals surface area contributed by atoms with Crippen LogP contribution in [0.4, 0.5) is 0 Å². The molecular weight excluding hydrogens is 196 g/mol. The highest BCUT2D eigenvalue weighted by Gasteiger charge is 2.32. The average Bonchev–Trinajstić information content (AvgIpc) is 2.24. The Morgan fingerprint density at radius 1 is 1.19 bits per heavy atom. The van der Waals surface area contributed by atoms with E-state index in [2.05, 4.69) is 18.9 Å². The van der Waals surface area contributed by atoms with Crippen molar-refractivity contribution in [2.75, 3.05) is 13.6 Å². The second kappa shape index (κ2) is 5.05. The van der Waals surface area contributed by atoms with Gasteiger partial charge in [0.2, 0.25) is 0 Å². The van der Waals surface area contributed by atoms with Gasteiger partial charge in [0.15, 0.2) is 0 Å². The molecule has 2 aliphatic rings. The smallest absolute Gasteiger partial charge is 0.0166 e. The van der Waals surface area contributed by atoms with Crippen LogP contribution < -0.4 is 5.73 Å². The average molecular weight is 224 g/mol. The van der Waals surface area contributed by atoms with Crippen LogP contribution >= 0.6 is 0 Å². The van der Waals surface area contributed by atoms with E-state index in [1.807, 2.05) is 0 Å². The van der Waals surface area contributed by atoms with Gasteiger partial charge in [-0.2, -0.15) is 0 Å². The largest absolute Gasteiger partial charge is 0.325 e. The highest BCUT2D eigenvalue weighted by molar-refractivity contribution is 4.93. The zero-order valence-electron chi connectivity index (χ0n) is 11.0. The summed E-state index contributed by atoms with van der Waals surface area (Å²) in [5.74, 6) is 0.956. The Bertz CT molecular complexity index is 215. The Hall–Kier alpha value is -0.0800. The number of nitrogens with two attached hydrogens (primary N) is 1. The zero-order valence-corrected chi connectivity index (χ0v) is 11.0. The lowest BCUT2D eigenvalue weighted by Gasteiger charge is -2.41. The van der Waals surface area contributed by atoms with Crippen LogP contribution in [0.15, 0.2) is 0 Å². The molecule has 2 rings (SSSR count). The van der Waals surface area contributed by atoms with Gasteiger partial charge < -0.3 is 10.6 Å². The topological polar surface area (TPSA) is 29.3 Å². The summed E-state index contributed by atoms with van der Waals surface area (Å²) in [6.45, 7) is 3.59. The minimum atomic E-state index is 0.205. The molecule has 2 heteroatoms. The molecule has 0 spiro atoms. The lowest BCUT2D eigenvalue weighted by molar-refractivity contribution is 0.137. The summed E-state index contributed by atoms with van der Waals surface area (Å²) in [7, 11) is 2.29. The van der Waals surface area contributed by atoms with Crippen LogP contribution in [0.5, 0.6) is 0 Å². The zero-order chi connectivity index (χ0) is 11.6. The molecule has 2 aliphatic carbocycles. The molecule has 0 radical (unpaired) electrons. The van der Waals surface area contributed by atoms with E-state index < -0.39 is 0 Å². The molecule has 0 unspecified atom stereocenters. The number of hydrogen-bond donors (Lipinski definition) is 1. The van der Waals surface area contributed by atoms with E-state index in [1.165, 1.54) is 57.9 Å². The van der Waals surface area contributed by atoms with Gasteiger partial charge in [0.25, 0.3) is 0 Å². The van der Waals surface area contributed by atoms with E-state index >= 15 is 0 Å². The van der Waals surface area contributed by atoms with Crippen LogP contribution in [0.2, 0.25) is 0 Å². The van der Waals surface area contributed by atoms with Crippen LogP contribution in [0.1, 0.15) is 58.3 Å². The third kappa shape index (κ3) is 2.98. The van der Waals surface area contributed by atoms with E-state index in [9.17, 15) is 0 Å². The molecular formula is C14H28N2. The van der Waals surface area contributed by atoms with Crippen LogP contribution in [0.25, 0.3) is 0 Å². The summed E-state index contributed by atoms with van der Waals surface area (Å²) in [4.78, 5) is 2.57. The summed E-state index contributed by atoms with van der Waals surface area (Å²) < 4.78 is 0. The Morgan fingerprint density at radius 2 is 1.81 bits per heavy atom. The number of rotatable bonds is 4. The Balaban J connectivity index is 1.69. The summed E-state index contributed by atoms with van der Waals surface area (Å²) in [5, 5.41) is 0. The molecule has 0 bridgehead atoms. The first-order chi connectivity index (χ1) is 7.59. The van der Waals surface area contributed by atoms with Crippen molar-refractivity contribution in [3.05, 3.63) is 0 Å². The molecule has 0 amide bonds. The Kier molecular flexibility index (Phi) is 3.91. The third-order valence-electron chi connectivity index (χ3n) is 4.92. The van der Waals surface area contributed by atoms with E-state index in [0.717, 1.165) is 12.0 Å². The van der Waals surface area contributed by atoms with Crippen LogP contribution in [-0.2, 0) is 0 Å². The predicted octanol–water partition coefficient (Wildman–Crippen LogP) is 2.77. The standard InChI is InChI=1S/C14H28N2/c1-12-4-6-13(7-5-12)16(2)11-10-14(15)8-3-9-14/h12-13H,3-11,15H2,1-2H3. The molecule has 2 saturated carbocycles. The maximum Gasteiger partial charge on any atom is 0.0166 e. The van der Waals surface area contributed by atoms with Crippen LogP contribution in [0, 0.1) is 5.92 Å². The normalized spacial score (nSPS) is 33.8. The molecule has 0 aromatic heterocycles. The van der Waals surface area contributed by atoms with Crippen molar-refractivity contribution >= 4 is 0 Å². The second-order valence-electron chi connectivity index (χ2n) is 6.36. The number of nitrogens with zero attached hydrogens (tertiary/aromatic N) is 1. The van der Waals surface area contributed by atoms with Gasteiger partial charge in [0.1, 0.15) is 0 Å². The van der Waals surface area contributed by atoms with E-state index in [1.54, 1.807) is 0 Å². The first-order valence-electron chi connectivity index (χ1n) is 7.08. The van der Waals surface area contributed by atoms with Gasteiger partial charge in [-0.25, -0.2) is 0 Å². The quantitative estimate of drug-likeness (QED) is 0.795. The van der Waals surface area contributed by atoms with Gasteiger partial charge in [0.05, 0.1) is 0 Å². The summed E-state index contributed by atoms with van der Waals surface area (Å²) in [6.07, 6.45) is 10.7. The second-order valence-corrected chi connectivity index (χ2v) is 6.36. The lowest BCUT2D eigenvalue weighted by atomic mass is 9.75. The van der Waals surface area contributed by atoms with Gasteiger partial charge in [-0.05, 0) is 70.9 Å². The highest BCUT2D eigenvalue weighted by atomic mass is 15.1. The van der Waals surface area contributed by atoms with Crippen molar-refractivity contribution in [3.63, 3.8) is 0 Å². The van der Waals surface area contributed by atoms with Crippen molar-refractivity contribution in [2.45, 2.75) is 69.9 Å². The molecule has 94 valence electrons. The summed E-state index contributed by atoms with van der Waals surface area (Å²) in [5.41, 5.74) is 6.48. The molecule has 0 saturated heterocycles. The highest BCUT2D eigenvalue weighted by Crippen LogP contribution is 2.33. The minimum Gasteiger partial charge on any atom is -0.325 e. The SMILES string of the molecule is CC1CCC(N(C)CCC2(N)CCC2)CC1. The lowest BCUT2D eigenvalue weighted by Crippen LogP contribution is -2.49. The molecule has 2 N–H and O–H groups in total. The first kappa shape index (κ1) is 12.4. The third-order valence-corrected chi connectivity index (χ3v) is 4.92. The molecule has 2 nitrogen and oxygen atoms in total. The fourth-order valence-electron chi connectivity index (χ4n) is 3.15. The predicted molar refractivity (Wildman–Crippen MR) is 69.4 cm³/mol. The molecule has 0 atom stereocenters. The molecule has 16 heavy (non-hydrogen) atoms. The van der Waals surface area contributed by atoms with Gasteiger partial charge in [0, 0.05) is 11.6 Å². The van der Waals surface area contributed by atoms with Gasteiger partial charge in [-0.1, -0.05) is 6.92 Å². The van der Waals surface area contributed by atoms with Crippen LogP contribution in [-0.4, -0.2) is 30.1 Å². The van der Waals surface area contributed by atoms with Gasteiger partial charge in [-0.15, -0.1) is 0 Å². The maximum absolute atomic E-state index is 6.28. The molecule has 2 fully saturated rings. The van der Waals surface area contributed by atoms with Crippen LogP contribution in [0.3, 0.4) is 0 Å². The van der Waals surface area contributed by atoms with E-state index in [-0.39, 0.29) is 5.54 Å². The first-order valence-corrected chi connectivity index (χ1v) is 7.08. The fraction of sp³-hybridized carbons (Fsp3) is 1.00. The maximum atomic E-state index is 6.28. The molecule has 0 aliphatic heterocycles. The molecule has 0 heterocycles. The van der Waals surface area contributed by atoms with E-state index in [0.29, 0.717) is 0 Å². The monoisotopic (exact) mass is 224 g/mol. The van der Waals surface area contributed by atoms with Crippen molar-refractivity contribution < 1.29 is 0 Å². The van der Waals surface area contributed by atoms with E-state index in [4.69, 9.17) is 5.73 Å². The Labute approximate surface area is 101 Å². The van der Waals surface area contributed by atoms with Crippen molar-refractivity contribution in [3.8, 4) is 0 Å². The van der Waals surface area contributed by atoms with Crippen molar-refractivity contribution in [2.24, 2.45) is 11.7 Å². The molecule has 0 aromatic carbocycles. The van der Waals surface area contributed by atoms with Gasteiger partial charge >= 0.3 is 0 Å². The van der Waals surface area contributed by atoms with Crippen molar-refractivity contribution in [1.29, 1.82) is 0 Å². The van der Waals surface area contributed by atoms with Gasteiger partial charge in [-0.3, -0.25) is 0 Å². The Morgan fingerprint density at radius 3 is 2.31 bits per heavy atom. The number of hydrogen-bond acceptors (Lipinski definition) is 2. The summed E-state index contributed by atoms with van der Waals surface area (Å²) >= 11 is 0. The fourth-order valence-corrected chi connectivity index (χ4v) is 3.15. The minimum absolute atomic E-state index is 0.205.